The fraction of sp³-hybridized carbons (Fsp3) is 0.346. The lowest BCUT2D eigenvalue weighted by atomic mass is 9.68. The SMILES string of the molecule is COc1cc([C@H]2c3sc(=O)[nH]c3SC3C4CC(C5C(=O)N(c6ccc(F)cc6)C(=O)C45)C32)ccc1O. The normalized spacial score (nSPS) is 31.9. The number of phenolic OH excluding ortho intramolecular Hbond substituents is 1. The number of thioether (sulfide) groups is 1. The van der Waals surface area contributed by atoms with Crippen molar-refractivity contribution in [2.24, 2.45) is 29.6 Å². The number of ether oxygens (including phenoxy) is 1. The first-order valence-corrected chi connectivity index (χ1v) is 13.5. The lowest BCUT2D eigenvalue weighted by Crippen LogP contribution is -2.42. The second-order valence-electron chi connectivity index (χ2n) is 9.88. The maximum absolute atomic E-state index is 13.7. The summed E-state index contributed by atoms with van der Waals surface area (Å²) in [5, 5.41) is 11.1. The van der Waals surface area contributed by atoms with Crippen LogP contribution in [0.3, 0.4) is 0 Å². The third-order valence-corrected chi connectivity index (χ3v) is 11.0. The zero-order valence-corrected chi connectivity index (χ0v) is 20.6. The van der Waals surface area contributed by atoms with Gasteiger partial charge in [0.05, 0.1) is 29.7 Å². The Hall–Kier alpha value is -3.11. The fourth-order valence-corrected chi connectivity index (χ4v) is 10.0. The molecule has 2 bridgehead atoms. The molecule has 0 spiro atoms. The summed E-state index contributed by atoms with van der Waals surface area (Å²) in [7, 11) is 1.49. The Bertz CT molecular complexity index is 1480. The van der Waals surface area contributed by atoms with Gasteiger partial charge in [-0.25, -0.2) is 4.39 Å². The van der Waals surface area contributed by atoms with E-state index in [0.29, 0.717) is 11.4 Å². The van der Waals surface area contributed by atoms with E-state index in [4.69, 9.17) is 4.74 Å². The number of H-pyrrole nitrogens is 1. The zero-order chi connectivity index (χ0) is 24.9. The quantitative estimate of drug-likeness (QED) is 0.503. The second kappa shape index (κ2) is 7.69. The molecule has 2 saturated carbocycles. The first-order valence-electron chi connectivity index (χ1n) is 11.8. The maximum atomic E-state index is 13.7. The molecule has 36 heavy (non-hydrogen) atoms. The molecule has 1 saturated heterocycles. The summed E-state index contributed by atoms with van der Waals surface area (Å²) >= 11 is 2.80. The minimum atomic E-state index is -0.437. The summed E-state index contributed by atoms with van der Waals surface area (Å²) in [5.41, 5.74) is 1.31. The number of thiazole rings is 1. The van der Waals surface area contributed by atoms with Gasteiger partial charge in [0.1, 0.15) is 5.82 Å². The van der Waals surface area contributed by atoms with Crippen LogP contribution in [0, 0.1) is 35.4 Å². The Labute approximate surface area is 213 Å². The molecule has 7 rings (SSSR count). The number of hydrogen-bond donors (Lipinski definition) is 2. The summed E-state index contributed by atoms with van der Waals surface area (Å²) in [4.78, 5) is 44.6. The van der Waals surface area contributed by atoms with Crippen molar-refractivity contribution >= 4 is 40.6 Å². The highest BCUT2D eigenvalue weighted by Crippen LogP contribution is 2.68. The number of carbonyl (C=O) groups is 2. The van der Waals surface area contributed by atoms with Gasteiger partial charge < -0.3 is 14.8 Å². The van der Waals surface area contributed by atoms with Crippen molar-refractivity contribution in [2.75, 3.05) is 12.0 Å². The molecule has 2 amide bonds. The number of hydrogen-bond acceptors (Lipinski definition) is 7. The first-order chi connectivity index (χ1) is 17.4. The van der Waals surface area contributed by atoms with E-state index in [1.54, 1.807) is 23.9 Å². The Morgan fingerprint density at radius 2 is 1.78 bits per heavy atom. The molecule has 7 nitrogen and oxygen atoms in total. The van der Waals surface area contributed by atoms with Crippen molar-refractivity contribution in [3.63, 3.8) is 0 Å². The molecule has 3 aromatic rings. The van der Waals surface area contributed by atoms with Crippen molar-refractivity contribution in [1.29, 1.82) is 0 Å². The van der Waals surface area contributed by atoms with Gasteiger partial charge in [-0.3, -0.25) is 19.3 Å². The summed E-state index contributed by atoms with van der Waals surface area (Å²) < 4.78 is 18.9. The lowest BCUT2D eigenvalue weighted by molar-refractivity contribution is -0.123. The van der Waals surface area contributed by atoms with Crippen LogP contribution in [0.2, 0.25) is 0 Å². The zero-order valence-electron chi connectivity index (χ0n) is 19.0. The van der Waals surface area contributed by atoms with E-state index in [0.717, 1.165) is 21.9 Å². The van der Waals surface area contributed by atoms with Gasteiger partial charge in [0, 0.05) is 16.0 Å². The van der Waals surface area contributed by atoms with Crippen LogP contribution in [0.15, 0.2) is 52.3 Å². The van der Waals surface area contributed by atoms with E-state index in [1.807, 2.05) is 6.07 Å². The summed E-state index contributed by atoms with van der Waals surface area (Å²) in [5.74, 6) is -1.48. The van der Waals surface area contributed by atoms with Gasteiger partial charge in [-0.2, -0.15) is 0 Å². The average Bonchev–Trinajstić information content (AvgIpc) is 3.59. The molecule has 7 atom stereocenters. The van der Waals surface area contributed by atoms with Gasteiger partial charge >= 0.3 is 4.87 Å². The highest BCUT2D eigenvalue weighted by atomic mass is 32.2. The summed E-state index contributed by atoms with van der Waals surface area (Å²) in [6, 6.07) is 10.7. The van der Waals surface area contributed by atoms with Crippen LogP contribution < -0.4 is 14.5 Å². The molecule has 0 radical (unpaired) electrons. The third-order valence-electron chi connectivity index (χ3n) is 8.37. The topological polar surface area (TPSA) is 99.7 Å². The molecule has 2 N–H and O–H groups in total. The fourth-order valence-electron chi connectivity index (χ4n) is 7.12. The number of aromatic nitrogens is 1. The van der Waals surface area contributed by atoms with Crippen molar-refractivity contribution in [2.45, 2.75) is 22.6 Å². The van der Waals surface area contributed by atoms with Gasteiger partial charge in [0.25, 0.3) is 0 Å². The number of aromatic hydroxyl groups is 1. The number of carbonyl (C=O) groups excluding carboxylic acids is 2. The molecule has 10 heteroatoms. The number of imide groups is 1. The average molecular weight is 525 g/mol. The number of nitrogens with zero attached hydrogens (tertiary/aromatic N) is 1. The Balaban J connectivity index is 1.33. The lowest BCUT2D eigenvalue weighted by Gasteiger charge is -2.43. The third kappa shape index (κ3) is 2.88. The standard InChI is InChI=1S/C26H21FN2O5S2/c1-34-16-8-10(2-7-15(16)30)17-18-13-9-14(21(18)35-23-22(17)36-26(33)28-23)20-19(13)24(31)29(25(20)32)12-5-3-11(27)4-6-12/h2-8,13-14,17-21,30H,9H2,1H3,(H,28,33)/t13?,14?,17-,18?,19?,20?,21?/m1/s1. The maximum Gasteiger partial charge on any atom is 0.305 e. The van der Waals surface area contributed by atoms with Crippen molar-refractivity contribution in [1.82, 2.24) is 4.98 Å². The number of fused-ring (bicyclic) bond motifs is 9. The van der Waals surface area contributed by atoms with Crippen molar-refractivity contribution in [3.8, 4) is 11.5 Å². The second-order valence-corrected chi connectivity index (χ2v) is 12.1. The van der Waals surface area contributed by atoms with Crippen LogP contribution in [-0.4, -0.2) is 34.3 Å². The predicted molar refractivity (Wildman–Crippen MR) is 132 cm³/mol. The van der Waals surface area contributed by atoms with Gasteiger partial charge in [0.15, 0.2) is 11.5 Å². The van der Waals surface area contributed by atoms with Crippen LogP contribution in [-0.2, 0) is 9.59 Å². The Kier molecular flexibility index (Phi) is 4.73. The Morgan fingerprint density at radius 3 is 2.50 bits per heavy atom. The van der Waals surface area contributed by atoms with Crippen molar-refractivity contribution < 1.29 is 23.8 Å². The molecular weight excluding hydrogens is 503 g/mol. The van der Waals surface area contributed by atoms with Gasteiger partial charge in [-0.1, -0.05) is 17.4 Å². The van der Waals surface area contributed by atoms with Gasteiger partial charge in [-0.15, -0.1) is 11.8 Å². The summed E-state index contributed by atoms with van der Waals surface area (Å²) in [6.07, 6.45) is 0.775. The van der Waals surface area contributed by atoms with E-state index in [9.17, 15) is 23.9 Å². The molecule has 184 valence electrons. The molecule has 6 unspecified atom stereocenters. The molecule has 1 aromatic heterocycles. The van der Waals surface area contributed by atoms with Crippen LogP contribution in [0.25, 0.3) is 0 Å². The Morgan fingerprint density at radius 1 is 1.06 bits per heavy atom. The molecule has 2 aliphatic heterocycles. The van der Waals surface area contributed by atoms with Crippen LogP contribution >= 0.6 is 23.1 Å². The number of amides is 2. The number of methoxy groups -OCH3 is 1. The minimum absolute atomic E-state index is 0.00467. The minimum Gasteiger partial charge on any atom is -0.504 e. The largest absolute Gasteiger partial charge is 0.504 e. The number of anilines is 1. The summed E-state index contributed by atoms with van der Waals surface area (Å²) in [6.45, 7) is 0. The van der Waals surface area contributed by atoms with Crippen LogP contribution in [0.5, 0.6) is 11.5 Å². The molecular formula is C26H21FN2O5S2. The van der Waals surface area contributed by atoms with E-state index in [2.05, 4.69) is 4.98 Å². The van der Waals surface area contributed by atoms with E-state index in [1.165, 1.54) is 47.6 Å². The number of phenols is 1. The van der Waals surface area contributed by atoms with E-state index >= 15 is 0 Å². The van der Waals surface area contributed by atoms with Crippen LogP contribution in [0.4, 0.5) is 10.1 Å². The van der Waals surface area contributed by atoms with Crippen LogP contribution in [0.1, 0.15) is 22.8 Å². The van der Waals surface area contributed by atoms with E-state index in [-0.39, 0.29) is 51.4 Å². The first kappa shape index (κ1) is 22.1. The highest BCUT2D eigenvalue weighted by molar-refractivity contribution is 8.00. The number of aromatic amines is 1. The predicted octanol–water partition coefficient (Wildman–Crippen LogP) is 3.97. The number of rotatable bonds is 3. The number of nitrogens with one attached hydrogen (secondary N) is 1. The number of halogens is 1. The molecule has 3 heterocycles. The number of benzene rings is 2. The van der Waals surface area contributed by atoms with E-state index < -0.39 is 17.7 Å². The molecule has 4 aliphatic rings. The molecule has 2 aromatic carbocycles. The van der Waals surface area contributed by atoms with Gasteiger partial charge in [-0.05, 0) is 66.1 Å². The highest BCUT2D eigenvalue weighted by Gasteiger charge is 2.69. The molecule has 2 aliphatic carbocycles. The monoisotopic (exact) mass is 524 g/mol. The molecule has 3 fully saturated rings. The van der Waals surface area contributed by atoms with Gasteiger partial charge in [0.2, 0.25) is 11.8 Å². The smallest absolute Gasteiger partial charge is 0.305 e. The van der Waals surface area contributed by atoms with Crippen molar-refractivity contribution in [3.05, 3.63) is 68.4 Å².